The predicted molar refractivity (Wildman–Crippen MR) is 223 cm³/mol. The number of benzene rings is 9. The van der Waals surface area contributed by atoms with E-state index in [1.807, 2.05) is 0 Å². The summed E-state index contributed by atoms with van der Waals surface area (Å²) in [6, 6.07) is 72.4. The summed E-state index contributed by atoms with van der Waals surface area (Å²) in [5.74, 6) is 1.83. The Balaban J connectivity index is 1.12. The molecular weight excluding hydrogens is 665 g/mol. The Hall–Kier alpha value is -6.96. The summed E-state index contributed by atoms with van der Waals surface area (Å²) in [6.45, 7) is 0. The lowest BCUT2D eigenvalue weighted by atomic mass is 9.61. The molecule has 0 fully saturated rings. The Morgan fingerprint density at radius 2 is 0.727 bits per heavy atom. The SMILES string of the molecule is c1ccc2c(c1)Oc1c(-c3ccc4c(c3)C3(c5ccccc5-4)c4ccccc4-c4cccc5cccc3c45)cccc1C21c2ccccc2-c2ccccc21. The minimum absolute atomic E-state index is 0.487. The van der Waals surface area contributed by atoms with Crippen molar-refractivity contribution >= 4 is 10.8 Å². The van der Waals surface area contributed by atoms with Crippen molar-refractivity contribution in [3.8, 4) is 56.0 Å². The smallest absolute Gasteiger partial charge is 0.140 e. The minimum atomic E-state index is -0.511. The van der Waals surface area contributed by atoms with Gasteiger partial charge < -0.3 is 4.74 Å². The van der Waals surface area contributed by atoms with Crippen LogP contribution in [-0.2, 0) is 10.8 Å². The molecule has 0 aromatic heterocycles. The molecule has 254 valence electrons. The van der Waals surface area contributed by atoms with E-state index in [4.69, 9.17) is 4.74 Å². The summed E-state index contributed by atoms with van der Waals surface area (Å²) >= 11 is 0. The molecule has 1 atom stereocenters. The quantitative estimate of drug-likeness (QED) is 0.166. The molecule has 13 rings (SSSR count). The highest BCUT2D eigenvalue weighted by Gasteiger charge is 2.52. The van der Waals surface area contributed by atoms with Crippen molar-refractivity contribution in [2.75, 3.05) is 0 Å². The van der Waals surface area contributed by atoms with Gasteiger partial charge in [-0.2, -0.15) is 0 Å². The maximum Gasteiger partial charge on any atom is 0.140 e. The molecule has 9 aromatic rings. The first-order chi connectivity index (χ1) is 27.3. The van der Waals surface area contributed by atoms with E-state index in [0.29, 0.717) is 0 Å². The van der Waals surface area contributed by atoms with E-state index >= 15 is 0 Å². The predicted octanol–water partition coefficient (Wildman–Crippen LogP) is 13.3. The van der Waals surface area contributed by atoms with Crippen molar-refractivity contribution in [2.45, 2.75) is 10.8 Å². The molecule has 1 unspecified atom stereocenters. The summed E-state index contributed by atoms with van der Waals surface area (Å²) in [7, 11) is 0. The van der Waals surface area contributed by atoms with Crippen molar-refractivity contribution in [3.63, 3.8) is 0 Å². The maximum atomic E-state index is 7.15. The second-order valence-corrected chi connectivity index (χ2v) is 15.4. The average molecular weight is 697 g/mol. The molecule has 1 aliphatic heterocycles. The monoisotopic (exact) mass is 696 g/mol. The number of ether oxygens (including phenoxy) is 1. The van der Waals surface area contributed by atoms with Crippen LogP contribution in [-0.4, -0.2) is 0 Å². The Morgan fingerprint density at radius 1 is 0.291 bits per heavy atom. The molecule has 0 saturated carbocycles. The lowest BCUT2D eigenvalue weighted by Gasteiger charge is -2.40. The van der Waals surface area contributed by atoms with Gasteiger partial charge in [0.05, 0.1) is 10.8 Å². The number of hydrogen-bond donors (Lipinski definition) is 0. The first-order valence-corrected chi connectivity index (χ1v) is 19.3. The van der Waals surface area contributed by atoms with Gasteiger partial charge in [0, 0.05) is 16.7 Å². The maximum absolute atomic E-state index is 7.15. The zero-order valence-corrected chi connectivity index (χ0v) is 29.9. The van der Waals surface area contributed by atoms with Crippen molar-refractivity contribution < 1.29 is 4.74 Å². The lowest BCUT2D eigenvalue weighted by Crippen LogP contribution is -2.32. The van der Waals surface area contributed by atoms with Crippen LogP contribution in [0.15, 0.2) is 194 Å². The van der Waals surface area contributed by atoms with Crippen molar-refractivity contribution in [1.29, 1.82) is 0 Å². The van der Waals surface area contributed by atoms with Crippen LogP contribution in [0.3, 0.4) is 0 Å². The summed E-state index contributed by atoms with van der Waals surface area (Å²) in [5, 5.41) is 2.62. The molecule has 9 aromatic carbocycles. The van der Waals surface area contributed by atoms with Crippen LogP contribution in [0, 0.1) is 0 Å². The highest BCUT2D eigenvalue weighted by atomic mass is 16.5. The molecule has 4 aliphatic rings. The number of fused-ring (bicyclic) bond motifs is 18. The molecule has 0 N–H and O–H groups in total. The number of para-hydroxylation sites is 2. The topological polar surface area (TPSA) is 9.23 Å². The van der Waals surface area contributed by atoms with Gasteiger partial charge in [-0.1, -0.05) is 182 Å². The normalized spacial score (nSPS) is 16.7. The second-order valence-electron chi connectivity index (χ2n) is 15.4. The molecule has 2 spiro atoms. The van der Waals surface area contributed by atoms with Crippen molar-refractivity contribution in [3.05, 3.63) is 239 Å². The van der Waals surface area contributed by atoms with E-state index in [1.165, 1.54) is 88.7 Å². The van der Waals surface area contributed by atoms with E-state index in [-0.39, 0.29) is 0 Å². The number of hydrogen-bond acceptors (Lipinski definition) is 1. The molecule has 3 aliphatic carbocycles. The van der Waals surface area contributed by atoms with Crippen LogP contribution in [0.25, 0.3) is 55.3 Å². The highest BCUT2D eigenvalue weighted by molar-refractivity contribution is 6.07. The van der Waals surface area contributed by atoms with E-state index < -0.39 is 10.8 Å². The Kier molecular flexibility index (Phi) is 5.56. The highest BCUT2D eigenvalue weighted by Crippen LogP contribution is 2.65. The number of rotatable bonds is 1. The molecule has 1 heterocycles. The van der Waals surface area contributed by atoms with Gasteiger partial charge >= 0.3 is 0 Å². The average Bonchev–Trinajstić information content (AvgIpc) is 3.71. The van der Waals surface area contributed by atoms with Gasteiger partial charge in [-0.15, -0.1) is 0 Å². The fourth-order valence-corrected chi connectivity index (χ4v) is 11.2. The van der Waals surface area contributed by atoms with Crippen molar-refractivity contribution in [1.82, 2.24) is 0 Å². The molecule has 1 nitrogen and oxygen atoms in total. The Morgan fingerprint density at radius 3 is 1.38 bits per heavy atom. The zero-order valence-electron chi connectivity index (χ0n) is 29.9. The molecule has 0 radical (unpaired) electrons. The van der Waals surface area contributed by atoms with E-state index in [9.17, 15) is 0 Å². The van der Waals surface area contributed by atoms with E-state index in [0.717, 1.165) is 22.6 Å². The summed E-state index contributed by atoms with van der Waals surface area (Å²) in [6.07, 6.45) is 0. The van der Waals surface area contributed by atoms with Crippen LogP contribution in [0.5, 0.6) is 11.5 Å². The summed E-state index contributed by atoms with van der Waals surface area (Å²) in [4.78, 5) is 0. The third-order valence-electron chi connectivity index (χ3n) is 13.2. The minimum Gasteiger partial charge on any atom is -0.456 e. The third-order valence-corrected chi connectivity index (χ3v) is 13.2. The van der Waals surface area contributed by atoms with Gasteiger partial charge in [0.25, 0.3) is 0 Å². The van der Waals surface area contributed by atoms with Gasteiger partial charge in [-0.05, 0) is 95.2 Å². The Bertz CT molecular complexity index is 3100. The van der Waals surface area contributed by atoms with Crippen LogP contribution in [0.4, 0.5) is 0 Å². The standard InChI is InChI=1S/C54H32O/c1-5-22-42-36(16-1)37-17-2-6-23-43(37)53(42)46-26-9-10-29-50(46)55-52-35(20-13-28-48(52)53)34-30-31-40-38-18-3-7-24-44(38)54(49(40)32-34)45-25-8-4-19-39(45)41-21-11-14-33-15-12-27-47(54)51(33)41/h1-32H. The van der Waals surface area contributed by atoms with Gasteiger partial charge in [0.2, 0.25) is 0 Å². The zero-order chi connectivity index (χ0) is 35.9. The van der Waals surface area contributed by atoms with Gasteiger partial charge in [-0.25, -0.2) is 0 Å². The van der Waals surface area contributed by atoms with Crippen LogP contribution >= 0.6 is 0 Å². The first-order valence-electron chi connectivity index (χ1n) is 19.3. The molecule has 0 amide bonds. The van der Waals surface area contributed by atoms with Gasteiger partial charge in [0.15, 0.2) is 0 Å². The molecule has 55 heavy (non-hydrogen) atoms. The largest absolute Gasteiger partial charge is 0.456 e. The fraction of sp³-hybridized carbons (Fsp3) is 0.0370. The summed E-state index contributed by atoms with van der Waals surface area (Å²) in [5.41, 5.74) is 19.4. The second kappa shape index (κ2) is 10.4. The van der Waals surface area contributed by atoms with Crippen molar-refractivity contribution in [2.24, 2.45) is 0 Å². The molecule has 0 saturated heterocycles. The van der Waals surface area contributed by atoms with Crippen LogP contribution in [0.1, 0.15) is 44.5 Å². The fourth-order valence-electron chi connectivity index (χ4n) is 11.2. The van der Waals surface area contributed by atoms with Crippen LogP contribution < -0.4 is 4.74 Å². The summed E-state index contributed by atoms with van der Waals surface area (Å²) < 4.78 is 7.15. The first kappa shape index (κ1) is 29.5. The molecule has 1 heteroatoms. The molecular formula is C54H32O. The van der Waals surface area contributed by atoms with Gasteiger partial charge in [-0.3, -0.25) is 0 Å². The Labute approximate surface area is 319 Å². The van der Waals surface area contributed by atoms with E-state index in [1.54, 1.807) is 0 Å². The molecule has 0 bridgehead atoms. The van der Waals surface area contributed by atoms with Gasteiger partial charge in [0.1, 0.15) is 11.5 Å². The lowest BCUT2D eigenvalue weighted by molar-refractivity contribution is 0.438. The van der Waals surface area contributed by atoms with E-state index in [2.05, 4.69) is 194 Å². The van der Waals surface area contributed by atoms with Crippen LogP contribution in [0.2, 0.25) is 0 Å². The third kappa shape index (κ3) is 3.42.